The maximum atomic E-state index is 10.3. The van der Waals surface area contributed by atoms with Gasteiger partial charge >= 0.3 is 5.97 Å². The normalized spacial score (nSPS) is 13.4. The van der Waals surface area contributed by atoms with E-state index in [2.05, 4.69) is 6.92 Å². The molecule has 0 aromatic heterocycles. The summed E-state index contributed by atoms with van der Waals surface area (Å²) in [6.07, 6.45) is 3.03. The zero-order valence-electron chi connectivity index (χ0n) is 12.9. The second-order valence-corrected chi connectivity index (χ2v) is 8.55. The second kappa shape index (κ2) is 11.7. The van der Waals surface area contributed by atoms with Crippen molar-refractivity contribution < 1.29 is 14.6 Å². The van der Waals surface area contributed by atoms with Gasteiger partial charge in [-0.1, -0.05) is 28.5 Å². The molecule has 0 radical (unpaired) electrons. The summed E-state index contributed by atoms with van der Waals surface area (Å²) in [5.41, 5.74) is 5.74. The summed E-state index contributed by atoms with van der Waals surface area (Å²) in [5.74, 6) is 1.85. The van der Waals surface area contributed by atoms with Crippen molar-refractivity contribution in [3.8, 4) is 0 Å². The van der Waals surface area contributed by atoms with E-state index in [-0.39, 0.29) is 12.0 Å². The van der Waals surface area contributed by atoms with Crippen LogP contribution in [0.15, 0.2) is 0 Å². The summed E-state index contributed by atoms with van der Waals surface area (Å²) in [7, 11) is 3.59. The fourth-order valence-corrected chi connectivity index (χ4v) is 3.70. The number of carboxylic acid groups (broad SMARTS) is 1. The number of hydrogen-bond donors (Lipinski definition) is 2. The largest absolute Gasteiger partial charge is 0.481 e. The highest BCUT2D eigenvalue weighted by atomic mass is 33.1. The molecule has 4 nitrogen and oxygen atoms in total. The lowest BCUT2D eigenvalue weighted by Crippen LogP contribution is -2.33. The molecule has 3 N–H and O–H groups in total. The molecule has 0 saturated carbocycles. The molecule has 1 unspecified atom stereocenters. The van der Waals surface area contributed by atoms with Crippen molar-refractivity contribution in [3.05, 3.63) is 0 Å². The standard InChI is InChI=1S/C14H29NO3S2/c1-12(11-18-8-7-14(2,3)15)6-10-20-19-9-4-5-13(16)17/h12H,4-11,15H2,1-3H3,(H,16,17). The molecule has 120 valence electrons. The monoisotopic (exact) mass is 323 g/mol. The summed E-state index contributed by atoms with van der Waals surface area (Å²) in [6.45, 7) is 7.74. The third kappa shape index (κ3) is 16.1. The molecule has 0 aliphatic rings. The van der Waals surface area contributed by atoms with E-state index >= 15 is 0 Å². The number of carbonyl (C=O) groups is 1. The zero-order valence-corrected chi connectivity index (χ0v) is 14.5. The van der Waals surface area contributed by atoms with Crippen molar-refractivity contribution in [2.45, 2.75) is 52.0 Å². The molecule has 0 bridgehead atoms. The predicted molar refractivity (Wildman–Crippen MR) is 89.3 cm³/mol. The van der Waals surface area contributed by atoms with Crippen LogP contribution in [0.3, 0.4) is 0 Å². The van der Waals surface area contributed by atoms with Crippen LogP contribution in [0, 0.1) is 5.92 Å². The Balaban J connectivity index is 3.28. The summed E-state index contributed by atoms with van der Waals surface area (Å²) in [4.78, 5) is 10.3. The topological polar surface area (TPSA) is 72.5 Å². The molecule has 0 rings (SSSR count). The molecule has 0 aliphatic heterocycles. The van der Waals surface area contributed by atoms with E-state index in [9.17, 15) is 4.79 Å². The number of carboxylic acids is 1. The highest BCUT2D eigenvalue weighted by Crippen LogP contribution is 2.24. The molecule has 0 saturated heterocycles. The first-order valence-electron chi connectivity index (χ1n) is 7.14. The minimum absolute atomic E-state index is 0.147. The lowest BCUT2D eigenvalue weighted by Gasteiger charge is -2.19. The minimum Gasteiger partial charge on any atom is -0.481 e. The summed E-state index contributed by atoms with van der Waals surface area (Å²) in [5, 5.41) is 8.50. The first kappa shape index (κ1) is 20.1. The van der Waals surface area contributed by atoms with Crippen LogP contribution in [0.5, 0.6) is 0 Å². The quantitative estimate of drug-likeness (QED) is 0.400. The number of ether oxygens (including phenoxy) is 1. The van der Waals surface area contributed by atoms with E-state index in [4.69, 9.17) is 15.6 Å². The van der Waals surface area contributed by atoms with Crippen LogP contribution < -0.4 is 5.73 Å². The van der Waals surface area contributed by atoms with Crippen LogP contribution in [0.1, 0.15) is 46.5 Å². The smallest absolute Gasteiger partial charge is 0.303 e. The lowest BCUT2D eigenvalue weighted by atomic mass is 10.0. The fourth-order valence-electron chi connectivity index (χ4n) is 1.35. The molecule has 0 heterocycles. The molecular formula is C14H29NO3S2. The van der Waals surface area contributed by atoms with Crippen LogP contribution in [-0.2, 0) is 9.53 Å². The molecule has 0 aromatic carbocycles. The van der Waals surface area contributed by atoms with Crippen LogP contribution >= 0.6 is 21.6 Å². The van der Waals surface area contributed by atoms with Crippen molar-refractivity contribution in [1.29, 1.82) is 0 Å². The predicted octanol–water partition coefficient (Wildman–Crippen LogP) is 3.40. The Hall–Kier alpha value is 0.0900. The van der Waals surface area contributed by atoms with Gasteiger partial charge in [-0.3, -0.25) is 4.79 Å². The van der Waals surface area contributed by atoms with Gasteiger partial charge in [-0.05, 0) is 39.0 Å². The summed E-state index contributed by atoms with van der Waals surface area (Å²) in [6, 6.07) is 0. The van der Waals surface area contributed by atoms with Crippen molar-refractivity contribution in [2.75, 3.05) is 24.7 Å². The Morgan fingerprint density at radius 3 is 2.60 bits per heavy atom. The zero-order chi connectivity index (χ0) is 15.4. The van der Waals surface area contributed by atoms with E-state index in [1.165, 1.54) is 0 Å². The summed E-state index contributed by atoms with van der Waals surface area (Å²) >= 11 is 0. The number of rotatable bonds is 13. The van der Waals surface area contributed by atoms with Crippen molar-refractivity contribution in [2.24, 2.45) is 11.7 Å². The Morgan fingerprint density at radius 1 is 1.35 bits per heavy atom. The van der Waals surface area contributed by atoms with Gasteiger partial charge in [0.15, 0.2) is 0 Å². The lowest BCUT2D eigenvalue weighted by molar-refractivity contribution is -0.137. The number of nitrogens with two attached hydrogens (primary N) is 1. The van der Waals surface area contributed by atoms with Crippen molar-refractivity contribution in [1.82, 2.24) is 0 Å². The Kier molecular flexibility index (Phi) is 11.8. The maximum absolute atomic E-state index is 10.3. The third-order valence-electron chi connectivity index (χ3n) is 2.69. The first-order chi connectivity index (χ1) is 9.31. The van der Waals surface area contributed by atoms with Gasteiger partial charge in [-0.25, -0.2) is 0 Å². The van der Waals surface area contributed by atoms with Gasteiger partial charge in [-0.15, -0.1) is 0 Å². The van der Waals surface area contributed by atoms with Crippen LogP contribution in [0.25, 0.3) is 0 Å². The van der Waals surface area contributed by atoms with Gasteiger partial charge in [0, 0.05) is 36.7 Å². The van der Waals surface area contributed by atoms with E-state index in [0.29, 0.717) is 5.92 Å². The highest BCUT2D eigenvalue weighted by Gasteiger charge is 2.10. The molecular weight excluding hydrogens is 294 g/mol. The number of aliphatic carboxylic acids is 1. The van der Waals surface area contributed by atoms with Gasteiger partial charge in [-0.2, -0.15) is 0 Å². The van der Waals surface area contributed by atoms with Gasteiger partial charge < -0.3 is 15.6 Å². The average molecular weight is 324 g/mol. The minimum atomic E-state index is -0.706. The molecule has 0 amide bonds. The van der Waals surface area contributed by atoms with Crippen molar-refractivity contribution >= 4 is 27.6 Å². The van der Waals surface area contributed by atoms with E-state index < -0.39 is 5.97 Å². The van der Waals surface area contributed by atoms with E-state index in [0.717, 1.165) is 44.0 Å². The maximum Gasteiger partial charge on any atom is 0.303 e. The second-order valence-electron chi connectivity index (χ2n) is 5.85. The van der Waals surface area contributed by atoms with E-state index in [1.54, 1.807) is 10.8 Å². The van der Waals surface area contributed by atoms with Crippen LogP contribution in [-0.4, -0.2) is 41.3 Å². The Morgan fingerprint density at radius 2 is 2.00 bits per heavy atom. The first-order valence-corrected chi connectivity index (χ1v) is 9.63. The summed E-state index contributed by atoms with van der Waals surface area (Å²) < 4.78 is 5.63. The molecule has 0 spiro atoms. The fraction of sp³-hybridized carbons (Fsp3) is 0.929. The molecule has 6 heteroatoms. The average Bonchev–Trinajstić information content (AvgIpc) is 2.32. The van der Waals surface area contributed by atoms with Crippen LogP contribution in [0.2, 0.25) is 0 Å². The molecule has 0 aromatic rings. The molecule has 0 aliphatic carbocycles. The van der Waals surface area contributed by atoms with E-state index in [1.807, 2.05) is 24.6 Å². The highest BCUT2D eigenvalue weighted by molar-refractivity contribution is 8.76. The molecule has 0 fully saturated rings. The van der Waals surface area contributed by atoms with Crippen LogP contribution in [0.4, 0.5) is 0 Å². The van der Waals surface area contributed by atoms with Gasteiger partial charge in [0.05, 0.1) is 0 Å². The van der Waals surface area contributed by atoms with Gasteiger partial charge in [0.1, 0.15) is 0 Å². The molecule has 20 heavy (non-hydrogen) atoms. The third-order valence-corrected chi connectivity index (χ3v) is 5.21. The Labute approximate surface area is 131 Å². The van der Waals surface area contributed by atoms with Crippen molar-refractivity contribution in [3.63, 3.8) is 0 Å². The van der Waals surface area contributed by atoms with Gasteiger partial charge in [0.2, 0.25) is 0 Å². The number of hydrogen-bond acceptors (Lipinski definition) is 5. The van der Waals surface area contributed by atoms with Gasteiger partial charge in [0.25, 0.3) is 0 Å². The SMILES string of the molecule is CC(CCSSCCCC(=O)O)COCCC(C)(C)N. The Bertz CT molecular complexity index is 257. The molecule has 1 atom stereocenters.